The number of carbonyl (C=O) groups excluding carboxylic acids is 3. The molecule has 3 heterocycles. The van der Waals surface area contributed by atoms with E-state index in [1.807, 2.05) is 38.1 Å². The van der Waals surface area contributed by atoms with E-state index in [-0.39, 0.29) is 29.1 Å². The number of aromatic nitrogens is 1. The first-order valence-electron chi connectivity index (χ1n) is 13.5. The number of hydrogen-bond acceptors (Lipinski definition) is 6. The number of carbonyl (C=O) groups is 3. The normalized spacial score (nSPS) is 22.2. The number of amides is 1. The van der Waals surface area contributed by atoms with Gasteiger partial charge in [-0.1, -0.05) is 33.8 Å². The van der Waals surface area contributed by atoms with Gasteiger partial charge in [0.2, 0.25) is 0 Å². The molecule has 0 saturated heterocycles. The van der Waals surface area contributed by atoms with Crippen LogP contribution in [0.2, 0.25) is 0 Å². The van der Waals surface area contributed by atoms with Crippen LogP contribution in [-0.2, 0) is 14.3 Å². The Morgan fingerprint density at radius 3 is 2.46 bits per heavy atom. The van der Waals surface area contributed by atoms with Crippen molar-refractivity contribution < 1.29 is 23.9 Å². The molecule has 1 aromatic carbocycles. The van der Waals surface area contributed by atoms with E-state index in [2.05, 4.69) is 32.7 Å². The van der Waals surface area contributed by atoms with Crippen LogP contribution >= 0.6 is 0 Å². The molecule has 7 nitrogen and oxygen atoms in total. The number of allylic oxidation sites excluding steroid dienone is 2. The lowest BCUT2D eigenvalue weighted by Crippen LogP contribution is -2.36. The van der Waals surface area contributed by atoms with Gasteiger partial charge in [-0.15, -0.1) is 0 Å². The predicted octanol–water partition coefficient (Wildman–Crippen LogP) is 5.69. The summed E-state index contributed by atoms with van der Waals surface area (Å²) in [6.45, 7) is 12.1. The Labute approximate surface area is 229 Å². The Kier molecular flexibility index (Phi) is 6.52. The molecule has 1 amide bonds. The van der Waals surface area contributed by atoms with E-state index in [4.69, 9.17) is 9.47 Å². The summed E-state index contributed by atoms with van der Waals surface area (Å²) in [4.78, 5) is 45.7. The molecule has 2 aromatic rings. The van der Waals surface area contributed by atoms with Gasteiger partial charge in [0, 0.05) is 36.6 Å². The molecule has 3 aliphatic rings. The van der Waals surface area contributed by atoms with E-state index < -0.39 is 5.92 Å². The van der Waals surface area contributed by atoms with Crippen LogP contribution in [-0.4, -0.2) is 48.1 Å². The molecule has 5 rings (SSSR count). The van der Waals surface area contributed by atoms with Crippen molar-refractivity contribution in [2.45, 2.75) is 66.3 Å². The molecule has 2 atom stereocenters. The minimum absolute atomic E-state index is 0.00944. The average Bonchev–Trinajstić information content (AvgIpc) is 3.11. The molecular weight excluding hydrogens is 492 g/mol. The van der Waals surface area contributed by atoms with Gasteiger partial charge < -0.3 is 14.4 Å². The first-order chi connectivity index (χ1) is 18.4. The number of ether oxygens (including phenoxy) is 2. The third kappa shape index (κ3) is 4.19. The molecule has 0 N–H and O–H groups in total. The minimum Gasteiger partial charge on any atom is -0.496 e. The molecule has 1 aliphatic carbocycles. The first kappa shape index (κ1) is 26.9. The second-order valence-electron chi connectivity index (χ2n) is 12.1. The molecule has 0 radical (unpaired) electrons. The zero-order valence-electron chi connectivity index (χ0n) is 24.0. The summed E-state index contributed by atoms with van der Waals surface area (Å²) in [6.07, 6.45) is 1.73. The summed E-state index contributed by atoms with van der Waals surface area (Å²) in [5, 5.41) is 0. The Balaban J connectivity index is 1.81. The molecular formula is C32H36N2O5. The smallest absolute Gasteiger partial charge is 0.254 e. The summed E-state index contributed by atoms with van der Waals surface area (Å²) in [5.74, 6) is 1.22. The Hall–Kier alpha value is -3.74. The molecule has 0 saturated carbocycles. The van der Waals surface area contributed by atoms with E-state index >= 15 is 0 Å². The SMILES string of the molecule is COc1ccc(-c2ccc(C)c(C=O)n2)c(C)c1[C@H]1C2=C(CC(C)(C)CC2=O)OC2=C1C(=O)N(C)[C@@H]2C(C)C. The van der Waals surface area contributed by atoms with Gasteiger partial charge in [-0.05, 0) is 54.5 Å². The van der Waals surface area contributed by atoms with Crippen molar-refractivity contribution >= 4 is 18.0 Å². The molecule has 0 fully saturated rings. The molecule has 39 heavy (non-hydrogen) atoms. The van der Waals surface area contributed by atoms with Crippen LogP contribution in [0.15, 0.2) is 46.9 Å². The van der Waals surface area contributed by atoms with Crippen LogP contribution in [0, 0.1) is 25.2 Å². The van der Waals surface area contributed by atoms with Crippen molar-refractivity contribution in [3.05, 3.63) is 69.3 Å². The molecule has 0 unspecified atom stereocenters. The maximum atomic E-state index is 13.9. The van der Waals surface area contributed by atoms with Crippen molar-refractivity contribution in [3.63, 3.8) is 0 Å². The lowest BCUT2D eigenvalue weighted by molar-refractivity contribution is -0.126. The van der Waals surface area contributed by atoms with E-state index in [0.717, 1.165) is 28.5 Å². The van der Waals surface area contributed by atoms with Gasteiger partial charge in [0.25, 0.3) is 5.91 Å². The highest BCUT2D eigenvalue weighted by atomic mass is 16.5. The third-order valence-corrected chi connectivity index (χ3v) is 8.33. The van der Waals surface area contributed by atoms with Crippen LogP contribution in [0.3, 0.4) is 0 Å². The molecule has 204 valence electrons. The van der Waals surface area contributed by atoms with Crippen molar-refractivity contribution in [3.8, 4) is 17.0 Å². The van der Waals surface area contributed by atoms with Gasteiger partial charge in [-0.3, -0.25) is 14.4 Å². The lowest BCUT2D eigenvalue weighted by atomic mass is 9.68. The largest absolute Gasteiger partial charge is 0.496 e. The Morgan fingerprint density at radius 1 is 1.10 bits per heavy atom. The highest BCUT2D eigenvalue weighted by molar-refractivity contribution is 6.07. The van der Waals surface area contributed by atoms with E-state index in [0.29, 0.717) is 52.6 Å². The highest BCUT2D eigenvalue weighted by Gasteiger charge is 2.52. The van der Waals surface area contributed by atoms with Crippen LogP contribution in [0.4, 0.5) is 0 Å². The predicted molar refractivity (Wildman–Crippen MR) is 148 cm³/mol. The van der Waals surface area contributed by atoms with E-state index in [9.17, 15) is 14.4 Å². The molecule has 0 bridgehead atoms. The van der Waals surface area contributed by atoms with Crippen molar-refractivity contribution in [2.24, 2.45) is 11.3 Å². The number of ketones is 1. The van der Waals surface area contributed by atoms with Gasteiger partial charge in [0.05, 0.1) is 30.3 Å². The maximum Gasteiger partial charge on any atom is 0.254 e. The number of aryl methyl sites for hydroxylation is 1. The fourth-order valence-electron chi connectivity index (χ4n) is 6.48. The topological polar surface area (TPSA) is 85.8 Å². The minimum atomic E-state index is -0.628. The highest BCUT2D eigenvalue weighted by Crippen LogP contribution is 2.55. The number of methoxy groups -OCH3 is 1. The summed E-state index contributed by atoms with van der Waals surface area (Å²) in [5.41, 5.74) is 5.03. The van der Waals surface area contributed by atoms with Gasteiger partial charge in [-0.2, -0.15) is 0 Å². The van der Waals surface area contributed by atoms with Crippen molar-refractivity contribution in [2.75, 3.05) is 14.2 Å². The monoisotopic (exact) mass is 528 g/mol. The summed E-state index contributed by atoms with van der Waals surface area (Å²) in [7, 11) is 3.40. The number of Topliss-reactive ketones (excluding diaryl/α,β-unsaturated/α-hetero) is 1. The number of rotatable bonds is 5. The number of pyridine rings is 1. The van der Waals surface area contributed by atoms with Gasteiger partial charge in [0.1, 0.15) is 23.0 Å². The zero-order valence-corrected chi connectivity index (χ0v) is 24.0. The van der Waals surface area contributed by atoms with Crippen LogP contribution < -0.4 is 4.74 Å². The standard InChI is InChI=1S/C32H36N2O5/c1-16(2)29-30-28(31(37)34(29)7)27(26-22(36)13-32(5,6)14-24(26)39-30)25-18(4)19(10-12-23(25)38-8)20-11-9-17(3)21(15-35)33-20/h9-12,15-16,27,29H,13-14H2,1-8H3/t27-,29+/m0/s1. The number of aldehydes is 1. The zero-order chi connectivity index (χ0) is 28.4. The van der Waals surface area contributed by atoms with Gasteiger partial charge in [-0.25, -0.2) is 4.98 Å². The second kappa shape index (κ2) is 9.47. The molecule has 2 aliphatic heterocycles. The number of nitrogens with zero attached hydrogens (tertiary/aromatic N) is 2. The van der Waals surface area contributed by atoms with E-state index in [1.54, 1.807) is 19.1 Å². The lowest BCUT2D eigenvalue weighted by Gasteiger charge is -2.39. The fourth-order valence-corrected chi connectivity index (χ4v) is 6.48. The van der Waals surface area contributed by atoms with Crippen LogP contribution in [0.5, 0.6) is 5.75 Å². The molecule has 1 aromatic heterocycles. The quantitative estimate of drug-likeness (QED) is 0.463. The average molecular weight is 529 g/mol. The summed E-state index contributed by atoms with van der Waals surface area (Å²) >= 11 is 0. The van der Waals surface area contributed by atoms with E-state index in [1.165, 1.54) is 0 Å². The third-order valence-electron chi connectivity index (χ3n) is 8.33. The van der Waals surface area contributed by atoms with Crippen LogP contribution in [0.1, 0.15) is 73.6 Å². The first-order valence-corrected chi connectivity index (χ1v) is 13.5. The fraction of sp³-hybridized carbons (Fsp3) is 0.438. The Morgan fingerprint density at radius 2 is 1.82 bits per heavy atom. The number of likely N-dealkylation sites (N-methyl/N-ethyl adjacent to an activating group) is 1. The maximum absolute atomic E-state index is 13.9. The molecule has 0 spiro atoms. The summed E-state index contributed by atoms with van der Waals surface area (Å²) in [6, 6.07) is 7.31. The van der Waals surface area contributed by atoms with Gasteiger partial charge >= 0.3 is 0 Å². The Bertz CT molecular complexity index is 1480. The summed E-state index contributed by atoms with van der Waals surface area (Å²) < 4.78 is 12.4. The van der Waals surface area contributed by atoms with Gasteiger partial charge in [0.15, 0.2) is 12.1 Å². The number of benzene rings is 1. The van der Waals surface area contributed by atoms with Crippen molar-refractivity contribution in [1.29, 1.82) is 0 Å². The van der Waals surface area contributed by atoms with Crippen molar-refractivity contribution in [1.82, 2.24) is 9.88 Å². The molecule has 7 heteroatoms. The van der Waals surface area contributed by atoms with Crippen LogP contribution in [0.25, 0.3) is 11.3 Å². The number of hydrogen-bond donors (Lipinski definition) is 0. The second-order valence-corrected chi connectivity index (χ2v) is 12.1.